The summed E-state index contributed by atoms with van der Waals surface area (Å²) in [5.41, 5.74) is 2.30. The number of para-hydroxylation sites is 1. The number of aliphatic carboxylic acids is 1. The molecule has 0 aliphatic carbocycles. The van der Waals surface area contributed by atoms with Crippen LogP contribution in [0.3, 0.4) is 0 Å². The van der Waals surface area contributed by atoms with Crippen LogP contribution in [0.2, 0.25) is 0 Å². The van der Waals surface area contributed by atoms with Crippen LogP contribution in [0.15, 0.2) is 60.8 Å². The Hall–Kier alpha value is -4.22. The summed E-state index contributed by atoms with van der Waals surface area (Å²) in [5.74, 6) is -3.08. The van der Waals surface area contributed by atoms with Crippen molar-refractivity contribution in [1.82, 2.24) is 26.3 Å². The molecule has 3 aromatic rings. The fraction of sp³-hybridized carbons (Fsp3) is 0.379. The number of carbonyl (C=O) groups excluding carboxylic acids is 3. The number of carboxylic acids is 1. The quantitative estimate of drug-likeness (QED) is 0.173. The molecule has 5 unspecified atom stereocenters. The zero-order valence-corrected chi connectivity index (χ0v) is 22.2. The van der Waals surface area contributed by atoms with Crippen molar-refractivity contribution in [2.24, 2.45) is 0 Å². The molecule has 2 heterocycles. The highest BCUT2D eigenvalue weighted by atomic mass is 16.4. The van der Waals surface area contributed by atoms with Crippen molar-refractivity contribution in [3.8, 4) is 0 Å². The molecule has 0 saturated carbocycles. The molecule has 0 bridgehead atoms. The third-order valence-corrected chi connectivity index (χ3v) is 7.07. The van der Waals surface area contributed by atoms with Crippen LogP contribution in [0.25, 0.3) is 10.9 Å². The number of fused-ring (bicyclic) bond motifs is 1. The molecule has 0 spiro atoms. The SMILES string of the molecule is CC(O)C(NC(=O)C1CCCN1)C(=O)NC(Cc1c[nH]c2ccccc12)C(=O)NC(Cc1ccccc1)C(=O)O. The molecule has 0 radical (unpaired) electrons. The molecule has 40 heavy (non-hydrogen) atoms. The molecule has 1 fully saturated rings. The van der Waals surface area contributed by atoms with Crippen molar-refractivity contribution in [3.05, 3.63) is 71.9 Å². The Balaban J connectivity index is 1.55. The van der Waals surface area contributed by atoms with Crippen molar-refractivity contribution in [2.75, 3.05) is 6.54 Å². The summed E-state index contributed by atoms with van der Waals surface area (Å²) >= 11 is 0. The highest BCUT2D eigenvalue weighted by molar-refractivity contribution is 5.95. The highest BCUT2D eigenvalue weighted by Gasteiger charge is 2.34. The van der Waals surface area contributed by atoms with E-state index in [9.17, 15) is 29.4 Å². The number of aliphatic hydroxyl groups is 1. The summed E-state index contributed by atoms with van der Waals surface area (Å²) in [6.07, 6.45) is 2.02. The average Bonchev–Trinajstić information content (AvgIpc) is 3.62. The van der Waals surface area contributed by atoms with E-state index >= 15 is 0 Å². The molecule has 11 heteroatoms. The van der Waals surface area contributed by atoms with Gasteiger partial charge in [0.15, 0.2) is 0 Å². The molecular formula is C29H35N5O6. The van der Waals surface area contributed by atoms with E-state index in [0.717, 1.165) is 28.5 Å². The van der Waals surface area contributed by atoms with Gasteiger partial charge in [-0.15, -0.1) is 0 Å². The van der Waals surface area contributed by atoms with Gasteiger partial charge < -0.3 is 36.5 Å². The van der Waals surface area contributed by atoms with Gasteiger partial charge in [0, 0.05) is 29.9 Å². The van der Waals surface area contributed by atoms with Gasteiger partial charge in [-0.1, -0.05) is 48.5 Å². The third-order valence-electron chi connectivity index (χ3n) is 7.07. The second-order valence-electron chi connectivity index (χ2n) is 10.1. The number of aromatic nitrogens is 1. The van der Waals surface area contributed by atoms with E-state index < -0.39 is 54.0 Å². The number of H-pyrrole nitrogens is 1. The van der Waals surface area contributed by atoms with Gasteiger partial charge in [-0.3, -0.25) is 14.4 Å². The standard InChI is InChI=1S/C29H35N5O6/c1-17(35)25(34-26(36)22-12-7-13-30-22)28(38)32-23(15-19-16-31-21-11-6-5-10-20(19)21)27(37)33-24(29(39)40)14-18-8-3-2-4-9-18/h2-6,8-11,16-17,22-25,30-31,35H,7,12-15H2,1H3,(H,32,38)(H,33,37)(H,34,36)(H,39,40). The predicted octanol–water partition coefficient (Wildman–Crippen LogP) is 0.625. The van der Waals surface area contributed by atoms with Crippen LogP contribution >= 0.6 is 0 Å². The number of carbonyl (C=O) groups is 4. The Kier molecular flexibility index (Phi) is 9.52. The minimum atomic E-state index is -1.31. The zero-order valence-electron chi connectivity index (χ0n) is 22.2. The second-order valence-corrected chi connectivity index (χ2v) is 10.1. The van der Waals surface area contributed by atoms with Gasteiger partial charge in [0.25, 0.3) is 0 Å². The lowest BCUT2D eigenvalue weighted by molar-refractivity contribution is -0.142. The van der Waals surface area contributed by atoms with Gasteiger partial charge in [0.05, 0.1) is 12.1 Å². The van der Waals surface area contributed by atoms with Crippen molar-refractivity contribution in [2.45, 2.75) is 62.9 Å². The molecule has 1 aliphatic heterocycles. The molecular weight excluding hydrogens is 514 g/mol. The maximum atomic E-state index is 13.5. The zero-order chi connectivity index (χ0) is 28.6. The highest BCUT2D eigenvalue weighted by Crippen LogP contribution is 2.19. The minimum Gasteiger partial charge on any atom is -0.480 e. The Morgan fingerprint density at radius 1 is 0.925 bits per heavy atom. The largest absolute Gasteiger partial charge is 0.480 e. The molecule has 3 amide bonds. The fourth-order valence-corrected chi connectivity index (χ4v) is 4.88. The molecule has 11 nitrogen and oxygen atoms in total. The molecule has 1 saturated heterocycles. The first-order valence-corrected chi connectivity index (χ1v) is 13.4. The first-order chi connectivity index (χ1) is 19.2. The van der Waals surface area contributed by atoms with Gasteiger partial charge in [0.2, 0.25) is 17.7 Å². The van der Waals surface area contributed by atoms with Crippen LogP contribution in [0.4, 0.5) is 0 Å². The van der Waals surface area contributed by atoms with E-state index in [-0.39, 0.29) is 12.8 Å². The van der Waals surface area contributed by atoms with Gasteiger partial charge in [-0.2, -0.15) is 0 Å². The van der Waals surface area contributed by atoms with Crippen molar-refractivity contribution >= 4 is 34.6 Å². The summed E-state index contributed by atoms with van der Waals surface area (Å²) in [5, 5.41) is 31.8. The average molecular weight is 550 g/mol. The van der Waals surface area contributed by atoms with Crippen LogP contribution in [0.5, 0.6) is 0 Å². The summed E-state index contributed by atoms with van der Waals surface area (Å²) in [7, 11) is 0. The topological polar surface area (TPSA) is 173 Å². The van der Waals surface area contributed by atoms with Gasteiger partial charge in [-0.05, 0) is 43.5 Å². The van der Waals surface area contributed by atoms with Gasteiger partial charge in [0.1, 0.15) is 18.1 Å². The van der Waals surface area contributed by atoms with Gasteiger partial charge >= 0.3 is 5.97 Å². The Morgan fingerprint density at radius 3 is 2.30 bits per heavy atom. The van der Waals surface area contributed by atoms with Crippen molar-refractivity contribution < 1.29 is 29.4 Å². The number of amides is 3. The minimum absolute atomic E-state index is 0.0456. The molecule has 2 aromatic carbocycles. The third kappa shape index (κ3) is 7.25. The van der Waals surface area contributed by atoms with E-state index in [0.29, 0.717) is 13.0 Å². The Labute approximate surface area is 231 Å². The molecule has 1 aliphatic rings. The molecule has 7 N–H and O–H groups in total. The van der Waals surface area contributed by atoms with E-state index in [1.54, 1.807) is 30.5 Å². The number of carboxylic acid groups (broad SMARTS) is 1. The van der Waals surface area contributed by atoms with Crippen LogP contribution in [-0.4, -0.2) is 75.7 Å². The first-order valence-electron chi connectivity index (χ1n) is 13.4. The maximum Gasteiger partial charge on any atom is 0.326 e. The number of nitrogens with one attached hydrogen (secondary N) is 5. The maximum absolute atomic E-state index is 13.5. The molecule has 4 rings (SSSR count). The molecule has 1 aromatic heterocycles. The van der Waals surface area contributed by atoms with E-state index in [4.69, 9.17) is 0 Å². The lowest BCUT2D eigenvalue weighted by Crippen LogP contribution is -2.60. The Bertz CT molecular complexity index is 1330. The van der Waals surface area contributed by atoms with Crippen LogP contribution < -0.4 is 21.3 Å². The number of hydrogen-bond donors (Lipinski definition) is 7. The second kappa shape index (κ2) is 13.2. The summed E-state index contributed by atoms with van der Waals surface area (Å²) in [6.45, 7) is 2.06. The molecule has 212 valence electrons. The predicted molar refractivity (Wildman–Crippen MR) is 148 cm³/mol. The number of aliphatic hydroxyl groups excluding tert-OH is 1. The Morgan fingerprint density at radius 2 is 1.62 bits per heavy atom. The number of rotatable bonds is 12. The summed E-state index contributed by atoms with van der Waals surface area (Å²) in [4.78, 5) is 54.7. The van der Waals surface area contributed by atoms with Crippen LogP contribution in [0.1, 0.15) is 30.9 Å². The first kappa shape index (κ1) is 28.8. The summed E-state index contributed by atoms with van der Waals surface area (Å²) in [6, 6.07) is 12.2. The van der Waals surface area contributed by atoms with Crippen LogP contribution in [-0.2, 0) is 32.0 Å². The lowest BCUT2D eigenvalue weighted by atomic mass is 10.0. The van der Waals surface area contributed by atoms with Crippen molar-refractivity contribution in [3.63, 3.8) is 0 Å². The molecule has 5 atom stereocenters. The van der Waals surface area contributed by atoms with Crippen LogP contribution in [0, 0.1) is 0 Å². The lowest BCUT2D eigenvalue weighted by Gasteiger charge is -2.26. The fourth-order valence-electron chi connectivity index (χ4n) is 4.88. The monoisotopic (exact) mass is 549 g/mol. The van der Waals surface area contributed by atoms with E-state index in [1.165, 1.54) is 6.92 Å². The van der Waals surface area contributed by atoms with Crippen molar-refractivity contribution in [1.29, 1.82) is 0 Å². The normalized spacial score (nSPS) is 17.9. The smallest absolute Gasteiger partial charge is 0.326 e. The number of aromatic amines is 1. The summed E-state index contributed by atoms with van der Waals surface area (Å²) < 4.78 is 0. The van der Waals surface area contributed by atoms with E-state index in [1.807, 2.05) is 30.3 Å². The number of benzene rings is 2. The number of hydrogen-bond acceptors (Lipinski definition) is 6. The van der Waals surface area contributed by atoms with Gasteiger partial charge in [-0.25, -0.2) is 4.79 Å². The van der Waals surface area contributed by atoms with E-state index in [2.05, 4.69) is 26.3 Å².